The van der Waals surface area contributed by atoms with Gasteiger partial charge in [-0.1, -0.05) is 42.5 Å². The van der Waals surface area contributed by atoms with Gasteiger partial charge in [-0.25, -0.2) is 0 Å². The zero-order valence-electron chi connectivity index (χ0n) is 11.3. The Kier molecular flexibility index (Phi) is 4.87. The van der Waals surface area contributed by atoms with E-state index < -0.39 is 6.04 Å². The number of hydrogen-bond donors (Lipinski definition) is 3. The highest BCUT2D eigenvalue weighted by molar-refractivity contribution is 5.95. The van der Waals surface area contributed by atoms with E-state index in [1.165, 1.54) is 0 Å². The smallest absolute Gasteiger partial charge is 0.245 e. The highest BCUT2D eigenvalue weighted by Crippen LogP contribution is 2.14. The second kappa shape index (κ2) is 6.84. The largest absolute Gasteiger partial charge is 0.330 e. The van der Waals surface area contributed by atoms with E-state index in [1.54, 1.807) is 0 Å². The molecule has 1 unspecified atom stereocenters. The summed E-state index contributed by atoms with van der Waals surface area (Å²) in [6, 6.07) is 16.3. The van der Waals surface area contributed by atoms with Crippen LogP contribution in [0.3, 0.4) is 0 Å². The predicted octanol–water partition coefficient (Wildman–Crippen LogP) is 1.83. The van der Waals surface area contributed by atoms with Crippen molar-refractivity contribution in [1.29, 1.82) is 0 Å². The number of nitrogens with one attached hydrogen (secondary N) is 1. The van der Waals surface area contributed by atoms with Gasteiger partial charge < -0.3 is 16.8 Å². The number of hydrogen-bond acceptors (Lipinski definition) is 3. The van der Waals surface area contributed by atoms with E-state index in [4.69, 9.17) is 11.5 Å². The summed E-state index contributed by atoms with van der Waals surface area (Å²) in [5, 5.41) is 2.81. The minimum absolute atomic E-state index is 0.220. The van der Waals surface area contributed by atoms with Gasteiger partial charge in [-0.15, -0.1) is 0 Å². The van der Waals surface area contributed by atoms with Gasteiger partial charge in [-0.05, 0) is 36.2 Å². The summed E-state index contributed by atoms with van der Waals surface area (Å²) in [6.07, 6.45) is 0.831. The van der Waals surface area contributed by atoms with E-state index in [0.29, 0.717) is 6.54 Å². The lowest BCUT2D eigenvalue weighted by atomic mass is 10.1. The second-order valence-electron chi connectivity index (χ2n) is 4.61. The molecule has 2 rings (SSSR count). The summed E-state index contributed by atoms with van der Waals surface area (Å²) in [6.45, 7) is 0.616. The van der Waals surface area contributed by atoms with Crippen molar-refractivity contribution in [3.05, 3.63) is 65.7 Å². The normalized spacial score (nSPS) is 11.9. The molecule has 0 spiro atoms. The molecular weight excluding hydrogens is 250 g/mol. The van der Waals surface area contributed by atoms with E-state index in [0.717, 1.165) is 23.2 Å². The van der Waals surface area contributed by atoms with Gasteiger partial charge in [0.1, 0.15) is 6.04 Å². The average Bonchev–Trinajstić information content (AvgIpc) is 2.49. The molecule has 1 atom stereocenters. The maximum Gasteiger partial charge on any atom is 0.245 e. The Morgan fingerprint density at radius 1 is 1.05 bits per heavy atom. The fourth-order valence-corrected chi connectivity index (χ4v) is 1.95. The third-order valence-corrected chi connectivity index (χ3v) is 3.10. The van der Waals surface area contributed by atoms with Crippen LogP contribution in [-0.4, -0.2) is 12.5 Å². The van der Waals surface area contributed by atoms with Crippen LogP contribution >= 0.6 is 0 Å². The molecule has 0 saturated heterocycles. The van der Waals surface area contributed by atoms with Crippen molar-refractivity contribution in [3.8, 4) is 0 Å². The molecule has 0 fully saturated rings. The molecular formula is C16H19N3O. The van der Waals surface area contributed by atoms with Crippen molar-refractivity contribution >= 4 is 11.6 Å². The van der Waals surface area contributed by atoms with Gasteiger partial charge in [0.15, 0.2) is 0 Å². The Hall–Kier alpha value is -2.17. The van der Waals surface area contributed by atoms with Crippen LogP contribution in [0.2, 0.25) is 0 Å². The van der Waals surface area contributed by atoms with Crippen LogP contribution in [-0.2, 0) is 11.2 Å². The summed E-state index contributed by atoms with van der Waals surface area (Å²) in [7, 11) is 0. The maximum atomic E-state index is 12.1. The molecule has 104 valence electrons. The van der Waals surface area contributed by atoms with Crippen molar-refractivity contribution in [2.75, 3.05) is 11.9 Å². The van der Waals surface area contributed by atoms with Gasteiger partial charge >= 0.3 is 0 Å². The van der Waals surface area contributed by atoms with Gasteiger partial charge in [0.05, 0.1) is 0 Å². The van der Waals surface area contributed by atoms with Crippen molar-refractivity contribution < 1.29 is 4.79 Å². The number of anilines is 1. The molecule has 0 aliphatic heterocycles. The number of carbonyl (C=O) groups excluding carboxylic acids is 1. The fraction of sp³-hybridized carbons (Fsp3) is 0.188. The molecule has 0 aromatic heterocycles. The minimum atomic E-state index is -0.667. The average molecular weight is 269 g/mol. The molecule has 0 aliphatic rings. The molecule has 0 radical (unpaired) electrons. The maximum absolute atomic E-state index is 12.1. The Balaban J connectivity index is 2.00. The zero-order chi connectivity index (χ0) is 14.4. The third kappa shape index (κ3) is 3.66. The molecule has 1 amide bonds. The molecule has 0 heterocycles. The topological polar surface area (TPSA) is 81.1 Å². The Bertz CT molecular complexity index is 552. The third-order valence-electron chi connectivity index (χ3n) is 3.10. The summed E-state index contributed by atoms with van der Waals surface area (Å²) in [5.41, 5.74) is 14.1. The molecule has 4 heteroatoms. The van der Waals surface area contributed by atoms with Crippen LogP contribution in [0.25, 0.3) is 0 Å². The summed E-state index contributed by atoms with van der Waals surface area (Å²) >= 11 is 0. The lowest BCUT2D eigenvalue weighted by Crippen LogP contribution is -2.27. The van der Waals surface area contributed by atoms with E-state index in [-0.39, 0.29) is 5.91 Å². The monoisotopic (exact) mass is 269 g/mol. The lowest BCUT2D eigenvalue weighted by Gasteiger charge is -2.12. The van der Waals surface area contributed by atoms with E-state index >= 15 is 0 Å². The molecule has 4 nitrogen and oxygen atoms in total. The number of nitrogens with two attached hydrogens (primary N) is 2. The van der Waals surface area contributed by atoms with E-state index in [2.05, 4.69) is 5.32 Å². The van der Waals surface area contributed by atoms with E-state index in [1.807, 2.05) is 54.6 Å². The van der Waals surface area contributed by atoms with Crippen LogP contribution in [0.15, 0.2) is 54.6 Å². The SMILES string of the molecule is NCCc1ccc(NC(=O)C(N)c2ccccc2)cc1. The fourth-order valence-electron chi connectivity index (χ4n) is 1.95. The molecule has 20 heavy (non-hydrogen) atoms. The minimum Gasteiger partial charge on any atom is -0.330 e. The molecule has 5 N–H and O–H groups in total. The summed E-state index contributed by atoms with van der Waals surface area (Å²) < 4.78 is 0. The Morgan fingerprint density at radius 3 is 2.30 bits per heavy atom. The Labute approximate surface area is 118 Å². The predicted molar refractivity (Wildman–Crippen MR) is 81.2 cm³/mol. The molecule has 0 aliphatic carbocycles. The van der Waals surface area contributed by atoms with E-state index in [9.17, 15) is 4.79 Å². The lowest BCUT2D eigenvalue weighted by molar-refractivity contribution is -0.117. The molecule has 0 bridgehead atoms. The van der Waals surface area contributed by atoms with Gasteiger partial charge in [0.2, 0.25) is 5.91 Å². The van der Waals surface area contributed by atoms with Gasteiger partial charge in [-0.3, -0.25) is 4.79 Å². The first-order chi connectivity index (χ1) is 9.70. The quantitative estimate of drug-likeness (QED) is 0.774. The Morgan fingerprint density at radius 2 is 1.70 bits per heavy atom. The molecule has 2 aromatic rings. The van der Waals surface area contributed by atoms with Gasteiger partial charge in [0.25, 0.3) is 0 Å². The number of rotatable bonds is 5. The van der Waals surface area contributed by atoms with Crippen LogP contribution in [0.4, 0.5) is 5.69 Å². The second-order valence-corrected chi connectivity index (χ2v) is 4.61. The molecule has 0 saturated carbocycles. The summed E-state index contributed by atoms with van der Waals surface area (Å²) in [4.78, 5) is 12.1. The van der Waals surface area contributed by atoms with Crippen molar-refractivity contribution in [3.63, 3.8) is 0 Å². The standard InChI is InChI=1S/C16H19N3O/c17-11-10-12-6-8-14(9-7-12)19-16(20)15(18)13-4-2-1-3-5-13/h1-9,15H,10-11,17-18H2,(H,19,20). The number of carbonyl (C=O) groups is 1. The zero-order valence-corrected chi connectivity index (χ0v) is 11.3. The summed E-state index contributed by atoms with van der Waals surface area (Å²) in [5.74, 6) is -0.220. The first-order valence-electron chi connectivity index (χ1n) is 6.61. The first kappa shape index (κ1) is 14.2. The van der Waals surface area contributed by atoms with Crippen LogP contribution in [0.5, 0.6) is 0 Å². The highest BCUT2D eigenvalue weighted by atomic mass is 16.2. The van der Waals surface area contributed by atoms with Crippen LogP contribution in [0.1, 0.15) is 17.2 Å². The highest BCUT2D eigenvalue weighted by Gasteiger charge is 2.15. The number of benzene rings is 2. The molecule has 2 aromatic carbocycles. The van der Waals surface area contributed by atoms with Crippen molar-refractivity contribution in [2.24, 2.45) is 11.5 Å². The first-order valence-corrected chi connectivity index (χ1v) is 6.61. The van der Waals surface area contributed by atoms with Gasteiger partial charge in [-0.2, -0.15) is 0 Å². The van der Waals surface area contributed by atoms with Crippen molar-refractivity contribution in [1.82, 2.24) is 0 Å². The van der Waals surface area contributed by atoms with Gasteiger partial charge in [0, 0.05) is 5.69 Å². The number of amides is 1. The van der Waals surface area contributed by atoms with Crippen LogP contribution < -0.4 is 16.8 Å². The van der Waals surface area contributed by atoms with Crippen molar-refractivity contribution in [2.45, 2.75) is 12.5 Å². The van der Waals surface area contributed by atoms with Crippen LogP contribution in [0, 0.1) is 0 Å².